The lowest BCUT2D eigenvalue weighted by atomic mass is 10.1. The third-order valence-corrected chi connectivity index (χ3v) is 5.15. The summed E-state index contributed by atoms with van der Waals surface area (Å²) in [5.74, 6) is -0.611. The molecule has 1 rings (SSSR count). The highest BCUT2D eigenvalue weighted by atomic mass is 32.2. The Kier molecular flexibility index (Phi) is 5.96. The second-order valence-corrected chi connectivity index (χ2v) is 7.61. The fourth-order valence-electron chi connectivity index (χ4n) is 1.66. The number of aryl methyl sites for hydroxylation is 1. The molecule has 0 fully saturated rings. The first-order valence-electron chi connectivity index (χ1n) is 6.59. The molecule has 0 aliphatic carbocycles. The summed E-state index contributed by atoms with van der Waals surface area (Å²) in [7, 11) is -3.16. The predicted octanol–water partition coefficient (Wildman–Crippen LogP) is 2.29. The van der Waals surface area contributed by atoms with E-state index >= 15 is 0 Å². The van der Waals surface area contributed by atoms with Crippen LogP contribution in [0.5, 0.6) is 5.75 Å². The lowest BCUT2D eigenvalue weighted by molar-refractivity contribution is -0.131. The summed E-state index contributed by atoms with van der Waals surface area (Å²) in [4.78, 5) is 10.6. The van der Waals surface area contributed by atoms with Crippen LogP contribution in [0.25, 0.3) is 6.08 Å². The van der Waals surface area contributed by atoms with Crippen LogP contribution in [0.15, 0.2) is 24.3 Å². The monoisotopic (exact) mass is 312 g/mol. The fraction of sp³-hybridized carbons (Fsp3) is 0.400. The van der Waals surface area contributed by atoms with Gasteiger partial charge in [-0.15, -0.1) is 0 Å². The molecular weight excluding hydrogens is 292 g/mol. The first-order chi connectivity index (χ1) is 9.74. The molecule has 5 nitrogen and oxygen atoms in total. The summed E-state index contributed by atoms with van der Waals surface area (Å²) >= 11 is 0. The van der Waals surface area contributed by atoms with Crippen LogP contribution in [0.3, 0.4) is 0 Å². The van der Waals surface area contributed by atoms with Crippen molar-refractivity contribution in [3.63, 3.8) is 0 Å². The molecule has 1 aromatic carbocycles. The van der Waals surface area contributed by atoms with Gasteiger partial charge in [0.2, 0.25) is 0 Å². The molecule has 0 atom stereocenters. The summed E-state index contributed by atoms with van der Waals surface area (Å²) in [6.07, 6.45) is 2.45. The highest BCUT2D eigenvalue weighted by Gasteiger charge is 2.16. The highest BCUT2D eigenvalue weighted by molar-refractivity contribution is 7.91. The summed E-state index contributed by atoms with van der Waals surface area (Å²) in [6.45, 7) is 5.12. The molecule has 21 heavy (non-hydrogen) atoms. The standard InChI is InChI=1S/C15H20O5S/c1-11(2)21(18,19)10-9-20-15-12(3)5-4-6-13(15)7-8-14(16)17/h4-8,11H,9-10H2,1-3H3,(H,16,17)/b8-7+. The van der Waals surface area contributed by atoms with Crippen molar-refractivity contribution in [3.8, 4) is 5.75 Å². The first-order valence-corrected chi connectivity index (χ1v) is 8.30. The van der Waals surface area contributed by atoms with Gasteiger partial charge in [-0.05, 0) is 32.4 Å². The largest absolute Gasteiger partial charge is 0.492 e. The summed E-state index contributed by atoms with van der Waals surface area (Å²) < 4.78 is 29.0. The van der Waals surface area contributed by atoms with Crippen molar-refractivity contribution in [3.05, 3.63) is 35.4 Å². The number of ether oxygens (including phenoxy) is 1. The van der Waals surface area contributed by atoms with Crippen molar-refractivity contribution in [2.75, 3.05) is 12.4 Å². The number of hydrogen-bond donors (Lipinski definition) is 1. The number of para-hydroxylation sites is 1. The molecule has 0 saturated heterocycles. The van der Waals surface area contributed by atoms with Crippen LogP contribution in [-0.4, -0.2) is 37.1 Å². The Balaban J connectivity index is 2.86. The minimum Gasteiger partial charge on any atom is -0.492 e. The Hall–Kier alpha value is -1.82. The number of sulfone groups is 1. The van der Waals surface area contributed by atoms with Crippen LogP contribution in [-0.2, 0) is 14.6 Å². The van der Waals surface area contributed by atoms with E-state index in [1.807, 2.05) is 13.0 Å². The van der Waals surface area contributed by atoms with Gasteiger partial charge in [0.1, 0.15) is 12.4 Å². The van der Waals surface area contributed by atoms with Gasteiger partial charge in [0.15, 0.2) is 9.84 Å². The van der Waals surface area contributed by atoms with Crippen LogP contribution < -0.4 is 4.74 Å². The Morgan fingerprint density at radius 2 is 2.05 bits per heavy atom. The molecule has 0 heterocycles. The van der Waals surface area contributed by atoms with E-state index in [-0.39, 0.29) is 12.4 Å². The molecule has 0 saturated carbocycles. The smallest absolute Gasteiger partial charge is 0.328 e. The van der Waals surface area contributed by atoms with Crippen molar-refractivity contribution in [2.45, 2.75) is 26.0 Å². The lowest BCUT2D eigenvalue weighted by Gasteiger charge is -2.13. The number of benzene rings is 1. The summed E-state index contributed by atoms with van der Waals surface area (Å²) in [5, 5.41) is 8.23. The van der Waals surface area contributed by atoms with Crippen LogP contribution >= 0.6 is 0 Å². The first kappa shape index (κ1) is 17.2. The number of carboxylic acid groups (broad SMARTS) is 1. The van der Waals surface area contributed by atoms with E-state index in [4.69, 9.17) is 9.84 Å². The topological polar surface area (TPSA) is 80.7 Å². The van der Waals surface area contributed by atoms with Gasteiger partial charge in [0.05, 0.1) is 11.0 Å². The van der Waals surface area contributed by atoms with E-state index in [1.165, 1.54) is 6.08 Å². The molecular formula is C15H20O5S. The maximum atomic E-state index is 11.7. The molecule has 0 aliphatic rings. The SMILES string of the molecule is Cc1cccc(/C=C/C(=O)O)c1OCCS(=O)(=O)C(C)C. The Bertz CT molecular complexity index is 629. The lowest BCUT2D eigenvalue weighted by Crippen LogP contribution is -2.22. The van der Waals surface area contributed by atoms with E-state index in [1.54, 1.807) is 26.0 Å². The number of hydrogen-bond acceptors (Lipinski definition) is 4. The molecule has 0 radical (unpaired) electrons. The molecule has 1 N–H and O–H groups in total. The number of carbonyl (C=O) groups is 1. The third-order valence-electron chi connectivity index (χ3n) is 2.98. The molecule has 6 heteroatoms. The summed E-state index contributed by atoms with van der Waals surface area (Å²) in [6, 6.07) is 5.33. The Morgan fingerprint density at radius 3 is 2.62 bits per heavy atom. The average molecular weight is 312 g/mol. The third kappa shape index (κ3) is 5.23. The molecule has 0 aliphatic heterocycles. The minimum absolute atomic E-state index is 0.0410. The molecule has 0 spiro atoms. The minimum atomic E-state index is -3.16. The van der Waals surface area contributed by atoms with Crippen LogP contribution in [0, 0.1) is 6.92 Å². The molecule has 0 bridgehead atoms. The van der Waals surface area contributed by atoms with Crippen molar-refractivity contribution < 1.29 is 23.1 Å². The van der Waals surface area contributed by atoms with E-state index in [9.17, 15) is 13.2 Å². The van der Waals surface area contributed by atoms with Gasteiger partial charge in [-0.2, -0.15) is 0 Å². The van der Waals surface area contributed by atoms with Gasteiger partial charge in [-0.1, -0.05) is 18.2 Å². The van der Waals surface area contributed by atoms with Crippen LogP contribution in [0.1, 0.15) is 25.0 Å². The van der Waals surface area contributed by atoms with E-state index in [0.717, 1.165) is 11.6 Å². The van der Waals surface area contributed by atoms with Gasteiger partial charge in [-0.3, -0.25) is 0 Å². The van der Waals surface area contributed by atoms with Gasteiger partial charge in [0, 0.05) is 11.6 Å². The maximum absolute atomic E-state index is 11.7. The van der Waals surface area contributed by atoms with E-state index < -0.39 is 21.1 Å². The van der Waals surface area contributed by atoms with Crippen molar-refractivity contribution in [1.82, 2.24) is 0 Å². The summed E-state index contributed by atoms with van der Waals surface area (Å²) in [5.41, 5.74) is 1.43. The maximum Gasteiger partial charge on any atom is 0.328 e. The Labute approximate surface area is 125 Å². The predicted molar refractivity (Wildman–Crippen MR) is 82.3 cm³/mol. The normalized spacial score (nSPS) is 12.0. The van der Waals surface area contributed by atoms with Gasteiger partial charge in [-0.25, -0.2) is 13.2 Å². The van der Waals surface area contributed by atoms with Crippen molar-refractivity contribution in [2.24, 2.45) is 0 Å². The van der Waals surface area contributed by atoms with Crippen molar-refractivity contribution >= 4 is 21.9 Å². The number of carboxylic acids is 1. The quantitative estimate of drug-likeness (QED) is 0.781. The molecule has 0 aromatic heterocycles. The number of aliphatic carboxylic acids is 1. The molecule has 1 aromatic rings. The average Bonchev–Trinajstić information content (AvgIpc) is 2.38. The zero-order valence-corrected chi connectivity index (χ0v) is 13.2. The van der Waals surface area contributed by atoms with Gasteiger partial charge in [0.25, 0.3) is 0 Å². The van der Waals surface area contributed by atoms with E-state index in [2.05, 4.69) is 0 Å². The Morgan fingerprint density at radius 1 is 1.38 bits per heavy atom. The van der Waals surface area contributed by atoms with Crippen LogP contribution in [0.4, 0.5) is 0 Å². The molecule has 116 valence electrons. The molecule has 0 amide bonds. The highest BCUT2D eigenvalue weighted by Crippen LogP contribution is 2.24. The molecule has 0 unspecified atom stereocenters. The van der Waals surface area contributed by atoms with E-state index in [0.29, 0.717) is 11.3 Å². The zero-order valence-electron chi connectivity index (χ0n) is 12.4. The number of rotatable bonds is 7. The van der Waals surface area contributed by atoms with Crippen LogP contribution in [0.2, 0.25) is 0 Å². The van der Waals surface area contributed by atoms with Crippen molar-refractivity contribution in [1.29, 1.82) is 0 Å². The second-order valence-electron chi connectivity index (χ2n) is 4.93. The zero-order chi connectivity index (χ0) is 16.0. The van der Waals surface area contributed by atoms with Gasteiger partial charge < -0.3 is 9.84 Å². The second kappa shape index (κ2) is 7.26. The fourth-order valence-corrected chi connectivity index (χ4v) is 2.45. The van der Waals surface area contributed by atoms with Gasteiger partial charge >= 0.3 is 5.97 Å².